The second-order valence-corrected chi connectivity index (χ2v) is 6.85. The lowest BCUT2D eigenvalue weighted by molar-refractivity contribution is 0.104. The molecule has 0 aliphatic heterocycles. The monoisotopic (exact) mass is 412 g/mol. The van der Waals surface area contributed by atoms with Crippen LogP contribution in [0.2, 0.25) is 10.0 Å². The minimum absolute atomic E-state index is 0.204. The Morgan fingerprint density at radius 3 is 2.46 bits per heavy atom. The molecule has 0 radical (unpaired) electrons. The molecule has 0 saturated carbocycles. The van der Waals surface area contributed by atoms with Crippen LogP contribution in [0.5, 0.6) is 11.5 Å². The van der Waals surface area contributed by atoms with E-state index in [1.54, 1.807) is 37.5 Å². The number of carbonyl (C=O) groups is 1. The van der Waals surface area contributed by atoms with Gasteiger partial charge in [0.05, 0.1) is 12.1 Å². The van der Waals surface area contributed by atoms with Gasteiger partial charge in [0, 0.05) is 10.6 Å². The van der Waals surface area contributed by atoms with E-state index >= 15 is 0 Å². The lowest BCUT2D eigenvalue weighted by Gasteiger charge is -2.11. The highest BCUT2D eigenvalue weighted by Gasteiger charge is 2.09. The van der Waals surface area contributed by atoms with E-state index in [-0.39, 0.29) is 5.78 Å². The fourth-order valence-electron chi connectivity index (χ4n) is 2.60. The summed E-state index contributed by atoms with van der Waals surface area (Å²) in [5, 5.41) is 0.810. The maximum Gasteiger partial charge on any atom is 0.187 e. The smallest absolute Gasteiger partial charge is 0.187 e. The van der Waals surface area contributed by atoms with Gasteiger partial charge in [-0.15, -0.1) is 0 Å². The Morgan fingerprint density at radius 1 is 0.964 bits per heavy atom. The van der Waals surface area contributed by atoms with Crippen molar-refractivity contribution in [2.24, 2.45) is 0 Å². The van der Waals surface area contributed by atoms with E-state index in [0.29, 0.717) is 33.7 Å². The highest BCUT2D eigenvalue weighted by molar-refractivity contribution is 6.37. The van der Waals surface area contributed by atoms with Gasteiger partial charge in [-0.3, -0.25) is 4.79 Å². The van der Waals surface area contributed by atoms with Gasteiger partial charge >= 0.3 is 0 Å². The summed E-state index contributed by atoms with van der Waals surface area (Å²) in [4.78, 5) is 12.4. The number of ketones is 1. The zero-order chi connectivity index (χ0) is 19.9. The Kier molecular flexibility index (Phi) is 6.75. The number of allylic oxidation sites excluding steroid dienone is 1. The molecule has 3 aromatic rings. The SMILES string of the molecule is COc1ccc(C=CC(=O)c2ccc(Cl)cc2Cl)cc1OCc1ccccc1. The standard InChI is InChI=1S/C23H18Cl2O3/c1-27-22-12-8-16(13-23(22)28-15-17-5-3-2-4-6-17)7-11-21(26)19-10-9-18(24)14-20(19)25/h2-14H,15H2,1H3. The van der Waals surface area contributed by atoms with Gasteiger partial charge in [-0.05, 0) is 47.5 Å². The molecule has 0 saturated heterocycles. The van der Waals surface area contributed by atoms with Crippen LogP contribution in [-0.2, 0) is 6.61 Å². The topological polar surface area (TPSA) is 35.5 Å². The highest BCUT2D eigenvalue weighted by atomic mass is 35.5. The summed E-state index contributed by atoms with van der Waals surface area (Å²) in [5.41, 5.74) is 2.26. The average Bonchev–Trinajstić information content (AvgIpc) is 2.71. The quantitative estimate of drug-likeness (QED) is 0.329. The van der Waals surface area contributed by atoms with Crippen LogP contribution in [0, 0.1) is 0 Å². The van der Waals surface area contributed by atoms with Crippen LogP contribution >= 0.6 is 23.2 Å². The van der Waals surface area contributed by atoms with E-state index in [9.17, 15) is 4.79 Å². The lowest BCUT2D eigenvalue weighted by Crippen LogP contribution is -1.98. The Balaban J connectivity index is 1.76. The summed E-state index contributed by atoms with van der Waals surface area (Å²) in [7, 11) is 1.59. The molecule has 0 amide bonds. The van der Waals surface area contributed by atoms with Gasteiger partial charge in [0.15, 0.2) is 17.3 Å². The summed E-state index contributed by atoms with van der Waals surface area (Å²) in [6, 6.07) is 20.1. The lowest BCUT2D eigenvalue weighted by atomic mass is 10.1. The number of ether oxygens (including phenoxy) is 2. The van der Waals surface area contributed by atoms with Gasteiger partial charge in [0.1, 0.15) is 6.61 Å². The molecule has 0 aliphatic rings. The molecule has 142 valence electrons. The number of halogens is 2. The molecule has 28 heavy (non-hydrogen) atoms. The predicted octanol–water partition coefficient (Wildman–Crippen LogP) is 6.48. The predicted molar refractivity (Wildman–Crippen MR) is 114 cm³/mol. The van der Waals surface area contributed by atoms with E-state index in [1.807, 2.05) is 42.5 Å². The Labute approximate surface area is 174 Å². The zero-order valence-electron chi connectivity index (χ0n) is 15.2. The van der Waals surface area contributed by atoms with Crippen molar-refractivity contribution in [3.63, 3.8) is 0 Å². The highest BCUT2D eigenvalue weighted by Crippen LogP contribution is 2.29. The molecule has 0 atom stereocenters. The first kappa shape index (κ1) is 20.0. The summed E-state index contributed by atoms with van der Waals surface area (Å²) < 4.78 is 11.3. The zero-order valence-corrected chi connectivity index (χ0v) is 16.7. The van der Waals surface area contributed by atoms with Crippen molar-refractivity contribution < 1.29 is 14.3 Å². The number of methoxy groups -OCH3 is 1. The molecule has 0 aliphatic carbocycles. The van der Waals surface area contributed by atoms with Crippen LogP contribution in [0.3, 0.4) is 0 Å². The van der Waals surface area contributed by atoms with Crippen LogP contribution in [0.25, 0.3) is 6.08 Å². The number of rotatable bonds is 7. The second-order valence-electron chi connectivity index (χ2n) is 6.01. The average molecular weight is 413 g/mol. The van der Waals surface area contributed by atoms with Crippen molar-refractivity contribution in [1.82, 2.24) is 0 Å². The van der Waals surface area contributed by atoms with E-state index in [0.717, 1.165) is 11.1 Å². The third-order valence-electron chi connectivity index (χ3n) is 4.05. The van der Waals surface area contributed by atoms with Gasteiger partial charge < -0.3 is 9.47 Å². The van der Waals surface area contributed by atoms with Crippen LogP contribution < -0.4 is 9.47 Å². The fourth-order valence-corrected chi connectivity index (χ4v) is 3.10. The van der Waals surface area contributed by atoms with E-state index in [4.69, 9.17) is 32.7 Å². The second kappa shape index (κ2) is 9.45. The summed E-state index contributed by atoms with van der Waals surface area (Å²) in [6.45, 7) is 0.420. The van der Waals surface area contributed by atoms with E-state index in [2.05, 4.69) is 0 Å². The van der Waals surface area contributed by atoms with Gasteiger partial charge in [0.2, 0.25) is 0 Å². The number of carbonyl (C=O) groups excluding carboxylic acids is 1. The first-order valence-electron chi connectivity index (χ1n) is 8.59. The van der Waals surface area contributed by atoms with E-state index in [1.165, 1.54) is 6.08 Å². The molecule has 0 aromatic heterocycles. The molecular formula is C23H18Cl2O3. The maximum absolute atomic E-state index is 12.4. The van der Waals surface area contributed by atoms with Gasteiger partial charge in [0.25, 0.3) is 0 Å². The Morgan fingerprint density at radius 2 is 1.75 bits per heavy atom. The molecule has 0 N–H and O–H groups in total. The Hall–Kier alpha value is -2.75. The maximum atomic E-state index is 12.4. The first-order valence-corrected chi connectivity index (χ1v) is 9.34. The van der Waals surface area contributed by atoms with Crippen LogP contribution in [0.1, 0.15) is 21.5 Å². The molecule has 3 nitrogen and oxygen atoms in total. The molecule has 3 aromatic carbocycles. The van der Waals surface area contributed by atoms with Crippen molar-refractivity contribution in [2.45, 2.75) is 6.61 Å². The molecule has 3 rings (SSSR count). The van der Waals surface area contributed by atoms with Crippen LogP contribution in [0.15, 0.2) is 72.8 Å². The van der Waals surface area contributed by atoms with Crippen molar-refractivity contribution >= 4 is 35.1 Å². The first-order chi connectivity index (χ1) is 13.6. The molecular weight excluding hydrogens is 395 g/mol. The minimum Gasteiger partial charge on any atom is -0.493 e. The molecule has 0 spiro atoms. The Bertz CT molecular complexity index is 998. The third-order valence-corrected chi connectivity index (χ3v) is 4.60. The third kappa shape index (κ3) is 5.16. The van der Waals surface area contributed by atoms with Gasteiger partial charge in [-0.25, -0.2) is 0 Å². The van der Waals surface area contributed by atoms with Crippen LogP contribution in [0.4, 0.5) is 0 Å². The summed E-state index contributed by atoms with van der Waals surface area (Å²) in [6.07, 6.45) is 3.18. The van der Waals surface area contributed by atoms with Gasteiger partial charge in [-0.1, -0.05) is 65.7 Å². The van der Waals surface area contributed by atoms with Crippen molar-refractivity contribution in [1.29, 1.82) is 0 Å². The number of hydrogen-bond acceptors (Lipinski definition) is 3. The van der Waals surface area contributed by atoms with Crippen molar-refractivity contribution in [3.05, 3.63) is 99.5 Å². The molecule has 5 heteroatoms. The largest absolute Gasteiger partial charge is 0.493 e. The molecule has 0 unspecified atom stereocenters. The summed E-state index contributed by atoms with van der Waals surface area (Å²) in [5.74, 6) is 1.02. The fraction of sp³-hybridized carbons (Fsp3) is 0.0870. The molecule has 0 bridgehead atoms. The number of hydrogen-bond donors (Lipinski definition) is 0. The summed E-state index contributed by atoms with van der Waals surface area (Å²) >= 11 is 12.0. The molecule has 0 heterocycles. The normalized spacial score (nSPS) is 10.8. The van der Waals surface area contributed by atoms with Gasteiger partial charge in [-0.2, -0.15) is 0 Å². The van der Waals surface area contributed by atoms with Crippen molar-refractivity contribution in [2.75, 3.05) is 7.11 Å². The van der Waals surface area contributed by atoms with Crippen molar-refractivity contribution in [3.8, 4) is 11.5 Å². The minimum atomic E-state index is -0.204. The van der Waals surface area contributed by atoms with Crippen LogP contribution in [-0.4, -0.2) is 12.9 Å². The molecule has 0 fully saturated rings. The number of benzene rings is 3. The van der Waals surface area contributed by atoms with E-state index < -0.39 is 0 Å².